The van der Waals surface area contributed by atoms with E-state index in [-0.39, 0.29) is 16.7 Å². The number of halogens is 2. The van der Waals surface area contributed by atoms with Gasteiger partial charge in [0, 0.05) is 0 Å². The van der Waals surface area contributed by atoms with Gasteiger partial charge in [-0.25, -0.2) is 0 Å². The fraction of sp³-hybridized carbons (Fsp3) is 0.364. The molecule has 2 nitrogen and oxygen atoms in total. The molecule has 15 heavy (non-hydrogen) atoms. The Hall–Kier alpha value is -0.540. The highest BCUT2D eigenvalue weighted by Gasteiger charge is 2.22. The number of hydrogen-bond acceptors (Lipinski definition) is 2. The Balaban J connectivity index is 3.56. The highest BCUT2D eigenvalue weighted by Crippen LogP contribution is 2.41. The van der Waals surface area contributed by atoms with Gasteiger partial charge in [0.2, 0.25) is 0 Å². The SMILES string of the molecule is CC(C)(C)c1cc(C=O)c(O)c(Br)c1Cl. The second-order valence-electron chi connectivity index (χ2n) is 4.36. The highest BCUT2D eigenvalue weighted by atomic mass is 79.9. The van der Waals surface area contributed by atoms with Gasteiger partial charge < -0.3 is 5.11 Å². The zero-order valence-corrected chi connectivity index (χ0v) is 11.1. The van der Waals surface area contributed by atoms with Crippen LogP contribution in [0.25, 0.3) is 0 Å². The molecule has 82 valence electrons. The number of phenolic OH excluding ortho intramolecular Hbond substituents is 1. The first kappa shape index (κ1) is 12.5. The fourth-order valence-electron chi connectivity index (χ4n) is 1.27. The molecule has 0 aliphatic rings. The van der Waals surface area contributed by atoms with Crippen molar-refractivity contribution in [1.82, 2.24) is 0 Å². The summed E-state index contributed by atoms with van der Waals surface area (Å²) in [6.45, 7) is 5.98. The summed E-state index contributed by atoms with van der Waals surface area (Å²) >= 11 is 9.26. The predicted molar refractivity (Wildman–Crippen MR) is 64.9 cm³/mol. The Morgan fingerprint density at radius 2 is 2.00 bits per heavy atom. The second kappa shape index (κ2) is 4.14. The van der Waals surface area contributed by atoms with Crippen LogP contribution in [0.3, 0.4) is 0 Å². The number of carbonyl (C=O) groups is 1. The molecule has 4 heteroatoms. The first-order chi connectivity index (χ1) is 6.79. The number of aromatic hydroxyl groups is 1. The van der Waals surface area contributed by atoms with Crippen molar-refractivity contribution >= 4 is 33.8 Å². The lowest BCUT2D eigenvalue weighted by atomic mass is 9.86. The molecule has 0 aromatic heterocycles. The predicted octanol–water partition coefficient (Wildman–Crippen LogP) is 3.92. The van der Waals surface area contributed by atoms with Gasteiger partial charge in [-0.1, -0.05) is 32.4 Å². The largest absolute Gasteiger partial charge is 0.506 e. The molecular formula is C11H12BrClO2. The molecule has 0 heterocycles. The molecule has 1 rings (SSSR count). The van der Waals surface area contributed by atoms with E-state index in [1.165, 1.54) is 0 Å². The van der Waals surface area contributed by atoms with Crippen molar-refractivity contribution in [3.05, 3.63) is 26.7 Å². The number of carbonyl (C=O) groups excluding carboxylic acids is 1. The third-order valence-electron chi connectivity index (χ3n) is 2.15. The van der Waals surface area contributed by atoms with Crippen LogP contribution in [0, 0.1) is 0 Å². The van der Waals surface area contributed by atoms with Gasteiger partial charge in [-0.3, -0.25) is 4.79 Å². The van der Waals surface area contributed by atoms with E-state index in [0.717, 1.165) is 5.56 Å². The average molecular weight is 292 g/mol. The summed E-state index contributed by atoms with van der Waals surface area (Å²) in [6, 6.07) is 1.62. The van der Waals surface area contributed by atoms with Crippen molar-refractivity contribution in [2.75, 3.05) is 0 Å². The van der Waals surface area contributed by atoms with E-state index in [2.05, 4.69) is 15.9 Å². The maximum absolute atomic E-state index is 10.7. The van der Waals surface area contributed by atoms with E-state index in [1.807, 2.05) is 20.8 Å². The van der Waals surface area contributed by atoms with Crippen LogP contribution in [0.5, 0.6) is 5.75 Å². The molecule has 0 aliphatic carbocycles. The molecule has 1 aromatic rings. The monoisotopic (exact) mass is 290 g/mol. The molecule has 0 radical (unpaired) electrons. The summed E-state index contributed by atoms with van der Waals surface area (Å²) in [4.78, 5) is 10.7. The Kier molecular flexibility index (Phi) is 3.46. The van der Waals surface area contributed by atoms with Gasteiger partial charge in [0.15, 0.2) is 6.29 Å². The van der Waals surface area contributed by atoms with Crippen molar-refractivity contribution in [3.63, 3.8) is 0 Å². The Morgan fingerprint density at radius 3 is 2.40 bits per heavy atom. The number of aldehydes is 1. The highest BCUT2D eigenvalue weighted by molar-refractivity contribution is 9.10. The summed E-state index contributed by atoms with van der Waals surface area (Å²) in [5.41, 5.74) is 0.901. The second-order valence-corrected chi connectivity index (χ2v) is 5.53. The number of phenols is 1. The summed E-state index contributed by atoms with van der Waals surface area (Å²) in [5.74, 6) is -0.108. The van der Waals surface area contributed by atoms with Crippen LogP contribution in [0.15, 0.2) is 10.5 Å². The van der Waals surface area contributed by atoms with Crippen molar-refractivity contribution < 1.29 is 9.90 Å². The molecule has 0 spiro atoms. The fourth-order valence-corrected chi connectivity index (χ4v) is 2.14. The normalized spacial score (nSPS) is 11.5. The lowest BCUT2D eigenvalue weighted by Gasteiger charge is -2.22. The van der Waals surface area contributed by atoms with E-state index in [9.17, 15) is 9.90 Å². The first-order valence-electron chi connectivity index (χ1n) is 4.45. The maximum Gasteiger partial charge on any atom is 0.153 e. The number of hydrogen-bond donors (Lipinski definition) is 1. The summed E-state index contributed by atoms with van der Waals surface area (Å²) in [7, 11) is 0. The van der Waals surface area contributed by atoms with E-state index in [4.69, 9.17) is 11.6 Å². The lowest BCUT2D eigenvalue weighted by Crippen LogP contribution is -2.12. The lowest BCUT2D eigenvalue weighted by molar-refractivity contribution is 0.112. The van der Waals surface area contributed by atoms with Crippen molar-refractivity contribution in [3.8, 4) is 5.75 Å². The minimum absolute atomic E-state index is 0.108. The van der Waals surface area contributed by atoms with Gasteiger partial charge in [-0.05, 0) is 33.0 Å². The van der Waals surface area contributed by atoms with Crippen LogP contribution < -0.4 is 0 Å². The smallest absolute Gasteiger partial charge is 0.153 e. The minimum atomic E-state index is -0.176. The number of benzene rings is 1. The standard InChI is InChI=1S/C11H12BrClO2/c1-11(2,3)7-4-6(5-14)10(15)8(12)9(7)13/h4-5,15H,1-3H3. The van der Waals surface area contributed by atoms with Crippen LogP contribution in [-0.2, 0) is 5.41 Å². The van der Waals surface area contributed by atoms with Crippen LogP contribution in [0.2, 0.25) is 5.02 Å². The van der Waals surface area contributed by atoms with Crippen LogP contribution >= 0.6 is 27.5 Å². The van der Waals surface area contributed by atoms with Gasteiger partial charge in [0.05, 0.1) is 15.1 Å². The van der Waals surface area contributed by atoms with Gasteiger partial charge in [0.25, 0.3) is 0 Å². The third-order valence-corrected chi connectivity index (χ3v) is 3.54. The summed E-state index contributed by atoms with van der Waals surface area (Å²) in [6.07, 6.45) is 0.617. The van der Waals surface area contributed by atoms with E-state index in [1.54, 1.807) is 6.07 Å². The van der Waals surface area contributed by atoms with Gasteiger partial charge in [-0.2, -0.15) is 0 Å². The molecule has 0 unspecified atom stereocenters. The van der Waals surface area contributed by atoms with Crippen LogP contribution in [-0.4, -0.2) is 11.4 Å². The topological polar surface area (TPSA) is 37.3 Å². The van der Waals surface area contributed by atoms with Crippen LogP contribution in [0.4, 0.5) is 0 Å². The molecule has 1 aromatic carbocycles. The molecule has 0 aliphatic heterocycles. The average Bonchev–Trinajstić information content (AvgIpc) is 2.13. The summed E-state index contributed by atoms with van der Waals surface area (Å²) in [5, 5.41) is 10.1. The van der Waals surface area contributed by atoms with Gasteiger partial charge in [-0.15, -0.1) is 0 Å². The number of rotatable bonds is 1. The zero-order chi connectivity index (χ0) is 11.8. The van der Waals surface area contributed by atoms with Crippen LogP contribution in [0.1, 0.15) is 36.7 Å². The van der Waals surface area contributed by atoms with E-state index in [0.29, 0.717) is 15.8 Å². The van der Waals surface area contributed by atoms with Gasteiger partial charge >= 0.3 is 0 Å². The Bertz CT molecular complexity index is 408. The first-order valence-corrected chi connectivity index (χ1v) is 5.62. The zero-order valence-electron chi connectivity index (χ0n) is 8.77. The van der Waals surface area contributed by atoms with E-state index >= 15 is 0 Å². The van der Waals surface area contributed by atoms with Crippen molar-refractivity contribution in [2.45, 2.75) is 26.2 Å². The molecule has 0 bridgehead atoms. The minimum Gasteiger partial charge on any atom is -0.506 e. The molecule has 0 saturated heterocycles. The quantitative estimate of drug-likeness (QED) is 0.796. The molecule has 0 atom stereocenters. The third kappa shape index (κ3) is 2.34. The Morgan fingerprint density at radius 1 is 1.47 bits per heavy atom. The van der Waals surface area contributed by atoms with Gasteiger partial charge in [0.1, 0.15) is 5.75 Å². The molecule has 1 N–H and O–H groups in total. The van der Waals surface area contributed by atoms with E-state index < -0.39 is 0 Å². The van der Waals surface area contributed by atoms with Crippen molar-refractivity contribution in [2.24, 2.45) is 0 Å². The molecule has 0 saturated carbocycles. The molecular weight excluding hydrogens is 279 g/mol. The van der Waals surface area contributed by atoms with Crippen molar-refractivity contribution in [1.29, 1.82) is 0 Å². The Labute approximate surface area is 102 Å². The maximum atomic E-state index is 10.7. The molecule has 0 amide bonds. The molecule has 0 fully saturated rings. The summed E-state index contributed by atoms with van der Waals surface area (Å²) < 4.78 is 0.374.